The van der Waals surface area contributed by atoms with E-state index in [-0.39, 0.29) is 5.82 Å². The predicted octanol–water partition coefficient (Wildman–Crippen LogP) is 4.02. The second kappa shape index (κ2) is 8.56. The van der Waals surface area contributed by atoms with E-state index in [2.05, 4.69) is 0 Å². The van der Waals surface area contributed by atoms with Gasteiger partial charge in [0.25, 0.3) is 11.6 Å². The Hall–Kier alpha value is -3.32. The Balaban J connectivity index is 1.92. The van der Waals surface area contributed by atoms with Gasteiger partial charge in [-0.05, 0) is 23.3 Å². The zero-order valence-corrected chi connectivity index (χ0v) is 19.6. The molecule has 0 N–H and O–H groups in total. The Morgan fingerprint density at radius 1 is 1.03 bits per heavy atom. The lowest BCUT2D eigenvalue weighted by Crippen LogP contribution is -2.50. The third-order valence-corrected chi connectivity index (χ3v) is 6.19. The largest absolute Gasteiger partial charge is 0.711 e. The van der Waals surface area contributed by atoms with Gasteiger partial charge in [-0.1, -0.05) is 54.1 Å². The predicted molar refractivity (Wildman–Crippen MR) is 121 cm³/mol. The number of esters is 2. The van der Waals surface area contributed by atoms with Crippen LogP contribution in [0.15, 0.2) is 54.6 Å². The quantitative estimate of drug-likeness (QED) is 0.244. The van der Waals surface area contributed by atoms with Gasteiger partial charge in [0.15, 0.2) is 5.92 Å². The summed E-state index contributed by atoms with van der Waals surface area (Å²) >= 11 is 6.09. The molecule has 1 aromatic heterocycles. The lowest BCUT2D eigenvalue weighted by atomic mass is 9.84. The van der Waals surface area contributed by atoms with Crippen molar-refractivity contribution >= 4 is 23.5 Å². The molecule has 1 atom stereocenters. The van der Waals surface area contributed by atoms with E-state index >= 15 is 0 Å². The van der Waals surface area contributed by atoms with Crippen molar-refractivity contribution in [1.29, 1.82) is 0 Å². The molecule has 172 valence electrons. The lowest BCUT2D eigenvalue weighted by molar-refractivity contribution is -0.621. The fourth-order valence-electron chi connectivity index (χ4n) is 4.22. The van der Waals surface area contributed by atoms with Crippen molar-refractivity contribution in [2.24, 2.45) is 5.92 Å². The molecule has 1 fully saturated rings. The fourth-order valence-corrected chi connectivity index (χ4v) is 4.34. The summed E-state index contributed by atoms with van der Waals surface area (Å²) in [4.78, 5) is 26.2. The number of nitrogens with zero attached hydrogens (tertiary/aromatic N) is 2. The minimum Gasteiger partial charge on any atom is -0.711 e. The molecule has 1 unspecified atom stereocenters. The van der Waals surface area contributed by atoms with E-state index in [1.54, 1.807) is 31.2 Å². The van der Waals surface area contributed by atoms with Crippen molar-refractivity contribution in [3.8, 4) is 0 Å². The number of hydrogen-bond donors (Lipinski definition) is 0. The Morgan fingerprint density at radius 2 is 1.61 bits per heavy atom. The van der Waals surface area contributed by atoms with Gasteiger partial charge >= 0.3 is 11.9 Å². The third-order valence-electron chi connectivity index (χ3n) is 5.94. The molecular weight excluding hydrogens is 444 g/mol. The number of carbonyl (C=O) groups excluding carboxylic acids is 2. The van der Waals surface area contributed by atoms with E-state index in [4.69, 9.17) is 21.1 Å². The molecule has 0 amide bonds. The SMILES string of the molecule is Cc1c(C)[n+]([O-])c(C(c2ccc(Cl)cc2)C2C(=O)OC(C)(C)OC2=O)n1Cc1ccccc1. The number of carbonyl (C=O) groups is 2. The Bertz CT molecular complexity index is 1180. The molecule has 3 aromatic rings. The average Bonchev–Trinajstić information content (AvgIpc) is 2.95. The zero-order chi connectivity index (χ0) is 23.9. The molecule has 0 aliphatic carbocycles. The molecule has 1 aliphatic rings. The first-order valence-corrected chi connectivity index (χ1v) is 11.0. The van der Waals surface area contributed by atoms with Gasteiger partial charge in [-0.25, -0.2) is 9.30 Å². The number of ether oxygens (including phenoxy) is 2. The topological polar surface area (TPSA) is 84.5 Å². The normalized spacial score (nSPS) is 16.9. The van der Waals surface area contributed by atoms with Crippen molar-refractivity contribution < 1.29 is 23.8 Å². The highest BCUT2D eigenvalue weighted by molar-refractivity contribution is 6.30. The van der Waals surface area contributed by atoms with E-state index in [0.717, 1.165) is 16.0 Å². The second-order valence-electron chi connectivity index (χ2n) is 8.64. The van der Waals surface area contributed by atoms with E-state index in [9.17, 15) is 14.8 Å². The highest BCUT2D eigenvalue weighted by Crippen LogP contribution is 2.38. The molecule has 33 heavy (non-hydrogen) atoms. The smallest absolute Gasteiger partial charge is 0.324 e. The summed E-state index contributed by atoms with van der Waals surface area (Å²) < 4.78 is 13.5. The molecule has 7 nitrogen and oxygen atoms in total. The van der Waals surface area contributed by atoms with Crippen LogP contribution in [0.5, 0.6) is 0 Å². The minimum absolute atomic E-state index is 0.259. The van der Waals surface area contributed by atoms with Crippen molar-refractivity contribution in [3.63, 3.8) is 0 Å². The Morgan fingerprint density at radius 3 is 2.18 bits per heavy atom. The van der Waals surface area contributed by atoms with E-state index in [0.29, 0.717) is 22.8 Å². The van der Waals surface area contributed by atoms with Crippen LogP contribution in [0.2, 0.25) is 5.02 Å². The van der Waals surface area contributed by atoms with Crippen molar-refractivity contribution in [2.75, 3.05) is 0 Å². The van der Waals surface area contributed by atoms with Crippen LogP contribution in [0.3, 0.4) is 0 Å². The fraction of sp³-hybridized carbons (Fsp3) is 0.320. The van der Waals surface area contributed by atoms with Gasteiger partial charge in [-0.15, -0.1) is 0 Å². The summed E-state index contributed by atoms with van der Waals surface area (Å²) in [5.74, 6) is -4.87. The van der Waals surface area contributed by atoms with Gasteiger partial charge in [0.2, 0.25) is 0 Å². The number of halogens is 1. The van der Waals surface area contributed by atoms with E-state index in [1.165, 1.54) is 13.8 Å². The minimum atomic E-state index is -1.37. The zero-order valence-electron chi connectivity index (χ0n) is 18.9. The molecule has 1 saturated heterocycles. The molecule has 0 radical (unpaired) electrons. The van der Waals surface area contributed by atoms with Gasteiger partial charge in [0.1, 0.15) is 23.9 Å². The summed E-state index contributed by atoms with van der Waals surface area (Å²) in [6.07, 6.45) is 0. The molecule has 0 spiro atoms. The molecule has 8 heteroatoms. The first-order chi connectivity index (χ1) is 15.6. The number of hydrogen-bond acceptors (Lipinski definition) is 5. The molecule has 2 heterocycles. The molecule has 0 saturated carbocycles. The number of cyclic esters (lactones) is 2. The summed E-state index contributed by atoms with van der Waals surface area (Å²) in [6, 6.07) is 16.4. The van der Waals surface area contributed by atoms with Gasteiger partial charge < -0.3 is 14.7 Å². The van der Waals surface area contributed by atoms with Crippen molar-refractivity contribution in [3.05, 3.63) is 93.2 Å². The molecular formula is C25H25ClN2O5. The average molecular weight is 469 g/mol. The second-order valence-corrected chi connectivity index (χ2v) is 9.08. The molecule has 1 aliphatic heterocycles. The van der Waals surface area contributed by atoms with Gasteiger partial charge in [-0.3, -0.25) is 9.59 Å². The molecule has 0 bridgehead atoms. The maximum atomic E-state index is 13.4. The summed E-state index contributed by atoms with van der Waals surface area (Å²) in [6.45, 7) is 6.94. The standard InChI is InChI=1S/C25H25ClN2O5/c1-15-16(2)28(31)22(27(15)14-17-8-6-5-7-9-17)20(18-10-12-19(26)13-11-18)21-23(29)32-25(3,4)33-24(21)30/h5-13,20-21H,14H2,1-4H3. The van der Waals surface area contributed by atoms with Crippen LogP contribution in [0.1, 0.15) is 48.1 Å². The number of benzene rings is 2. The molecule has 4 rings (SSSR count). The third kappa shape index (κ3) is 4.33. The van der Waals surface area contributed by atoms with Crippen LogP contribution in [-0.4, -0.2) is 22.3 Å². The Labute approximate surface area is 197 Å². The number of imidazole rings is 1. The number of aromatic nitrogens is 2. The highest BCUT2D eigenvalue weighted by atomic mass is 35.5. The van der Waals surface area contributed by atoms with Crippen LogP contribution < -0.4 is 4.73 Å². The monoisotopic (exact) mass is 468 g/mol. The first-order valence-electron chi connectivity index (χ1n) is 10.6. The highest BCUT2D eigenvalue weighted by Gasteiger charge is 2.51. The first kappa shape index (κ1) is 22.9. The lowest BCUT2D eigenvalue weighted by Gasteiger charge is -2.35. The van der Waals surface area contributed by atoms with Crippen LogP contribution in [-0.2, 0) is 25.6 Å². The maximum absolute atomic E-state index is 13.4. The summed E-state index contributed by atoms with van der Waals surface area (Å²) in [5, 5.41) is 13.9. The van der Waals surface area contributed by atoms with Crippen LogP contribution in [0, 0.1) is 25.0 Å². The summed E-state index contributed by atoms with van der Waals surface area (Å²) in [5.41, 5.74) is 2.77. The van der Waals surface area contributed by atoms with Gasteiger partial charge in [0.05, 0.1) is 0 Å². The maximum Gasteiger partial charge on any atom is 0.324 e. The van der Waals surface area contributed by atoms with Crippen LogP contribution in [0.25, 0.3) is 0 Å². The van der Waals surface area contributed by atoms with Crippen LogP contribution in [0.4, 0.5) is 0 Å². The Kier molecular flexibility index (Phi) is 5.93. The van der Waals surface area contributed by atoms with Crippen molar-refractivity contribution in [1.82, 2.24) is 4.57 Å². The van der Waals surface area contributed by atoms with Crippen molar-refractivity contribution in [2.45, 2.75) is 45.9 Å². The van der Waals surface area contributed by atoms with Gasteiger partial charge in [0, 0.05) is 32.7 Å². The van der Waals surface area contributed by atoms with E-state index in [1.807, 2.05) is 41.8 Å². The summed E-state index contributed by atoms with van der Waals surface area (Å²) in [7, 11) is 0. The van der Waals surface area contributed by atoms with Crippen LogP contribution >= 0.6 is 11.6 Å². The van der Waals surface area contributed by atoms with E-state index < -0.39 is 29.6 Å². The van der Waals surface area contributed by atoms with Gasteiger partial charge in [-0.2, -0.15) is 0 Å². The number of rotatable bonds is 5. The molecule has 2 aromatic carbocycles.